The minimum Gasteiger partial charge on any atom is -0.490 e. The van der Waals surface area contributed by atoms with E-state index in [0.717, 1.165) is 5.56 Å². The summed E-state index contributed by atoms with van der Waals surface area (Å²) in [6, 6.07) is 17.8. The Morgan fingerprint density at radius 1 is 0.967 bits per heavy atom. The van der Waals surface area contributed by atoms with Gasteiger partial charge in [-0.05, 0) is 55.8 Å². The quantitative estimate of drug-likeness (QED) is 0.479. The molecule has 0 aliphatic carbocycles. The van der Waals surface area contributed by atoms with Crippen molar-refractivity contribution in [3.63, 3.8) is 0 Å². The Hall–Kier alpha value is -3.19. The van der Waals surface area contributed by atoms with E-state index in [-0.39, 0.29) is 17.3 Å². The number of nitrogens with zero attached hydrogens (tertiary/aromatic N) is 1. The first-order valence-corrected chi connectivity index (χ1v) is 10.8. The summed E-state index contributed by atoms with van der Waals surface area (Å²) in [5.41, 5.74) is 1.92. The van der Waals surface area contributed by atoms with Gasteiger partial charge >= 0.3 is 0 Å². The van der Waals surface area contributed by atoms with Crippen molar-refractivity contribution in [2.75, 3.05) is 6.61 Å². The zero-order valence-corrected chi connectivity index (χ0v) is 17.5. The first kappa shape index (κ1) is 21.5. The number of rotatable bonds is 8. The van der Waals surface area contributed by atoms with Crippen molar-refractivity contribution in [3.05, 3.63) is 89.2 Å². The molecule has 0 heterocycles. The van der Waals surface area contributed by atoms with Crippen LogP contribution in [0.1, 0.15) is 23.6 Å². The fraction of sp³-hybridized carbons (Fsp3) is 0.174. The Kier molecular flexibility index (Phi) is 6.84. The van der Waals surface area contributed by atoms with Gasteiger partial charge in [0.05, 0.1) is 11.5 Å². The monoisotopic (exact) mass is 427 g/mol. The van der Waals surface area contributed by atoms with Crippen molar-refractivity contribution in [2.24, 2.45) is 4.40 Å². The van der Waals surface area contributed by atoms with Gasteiger partial charge in [0, 0.05) is 11.8 Å². The summed E-state index contributed by atoms with van der Waals surface area (Å²) in [4.78, 5) is 0.124. The molecule has 30 heavy (non-hydrogen) atoms. The maximum atomic E-state index is 13.8. The zero-order valence-electron chi connectivity index (χ0n) is 16.7. The zero-order chi connectivity index (χ0) is 21.6. The van der Waals surface area contributed by atoms with E-state index >= 15 is 0 Å². The molecule has 0 saturated heterocycles. The van der Waals surface area contributed by atoms with Crippen LogP contribution in [0.15, 0.2) is 76.0 Å². The van der Waals surface area contributed by atoms with E-state index in [1.165, 1.54) is 24.4 Å². The lowest BCUT2D eigenvalue weighted by Crippen LogP contribution is -2.02. The molecule has 0 radical (unpaired) electrons. The topological polar surface area (TPSA) is 65.0 Å². The number of sulfonamides is 1. The SMILES string of the molecule is CCOc1cc(/C=N\S(=O)(=O)c2ccc(C)cc2)ccc1OCc1ccccc1F. The van der Waals surface area contributed by atoms with E-state index < -0.39 is 10.0 Å². The van der Waals surface area contributed by atoms with Crippen molar-refractivity contribution in [1.29, 1.82) is 0 Å². The highest BCUT2D eigenvalue weighted by atomic mass is 32.2. The predicted octanol–water partition coefficient (Wildman–Crippen LogP) is 4.92. The van der Waals surface area contributed by atoms with Gasteiger partial charge in [0.25, 0.3) is 10.0 Å². The van der Waals surface area contributed by atoms with Gasteiger partial charge in [-0.1, -0.05) is 35.9 Å². The molecule has 5 nitrogen and oxygen atoms in total. The van der Waals surface area contributed by atoms with E-state index in [9.17, 15) is 12.8 Å². The van der Waals surface area contributed by atoms with Gasteiger partial charge in [-0.25, -0.2) is 4.39 Å². The fourth-order valence-corrected chi connectivity index (χ4v) is 3.53. The minimum atomic E-state index is -3.81. The second kappa shape index (κ2) is 9.54. The van der Waals surface area contributed by atoms with Gasteiger partial charge in [0.2, 0.25) is 0 Å². The number of hydrogen-bond acceptors (Lipinski definition) is 4. The Morgan fingerprint density at radius 3 is 2.40 bits per heavy atom. The molecule has 0 aliphatic heterocycles. The minimum absolute atomic E-state index is 0.0436. The van der Waals surface area contributed by atoms with Crippen LogP contribution < -0.4 is 9.47 Å². The molecule has 3 aromatic rings. The lowest BCUT2D eigenvalue weighted by atomic mass is 10.2. The summed E-state index contributed by atoms with van der Waals surface area (Å²) in [7, 11) is -3.81. The van der Waals surface area contributed by atoms with E-state index in [4.69, 9.17) is 9.47 Å². The predicted molar refractivity (Wildman–Crippen MR) is 114 cm³/mol. The molecule has 0 N–H and O–H groups in total. The number of ether oxygens (including phenoxy) is 2. The molecule has 7 heteroatoms. The third-order valence-corrected chi connectivity index (χ3v) is 5.52. The molecule has 3 aromatic carbocycles. The molecule has 0 aromatic heterocycles. The standard InChI is InChI=1S/C23H22FNO4S/c1-3-28-23-14-18(15-25-30(26,27)20-11-8-17(2)9-12-20)10-13-22(23)29-16-19-6-4-5-7-21(19)24/h4-15H,3,16H2,1-2H3/b25-15-. The van der Waals surface area contributed by atoms with Crippen molar-refractivity contribution in [1.82, 2.24) is 0 Å². The van der Waals surface area contributed by atoms with Crippen molar-refractivity contribution < 1.29 is 22.3 Å². The third kappa shape index (κ3) is 5.45. The fourth-order valence-electron chi connectivity index (χ4n) is 2.66. The Labute approximate surface area is 175 Å². The number of aryl methyl sites for hydroxylation is 1. The average molecular weight is 427 g/mol. The van der Waals surface area contributed by atoms with Crippen LogP contribution in [0.25, 0.3) is 0 Å². The van der Waals surface area contributed by atoms with Crippen LogP contribution in [0.5, 0.6) is 11.5 Å². The number of halogens is 1. The van der Waals surface area contributed by atoms with E-state index in [0.29, 0.717) is 29.2 Å². The molecule has 0 spiro atoms. The smallest absolute Gasteiger partial charge is 0.282 e. The largest absolute Gasteiger partial charge is 0.490 e. The maximum absolute atomic E-state index is 13.8. The first-order valence-electron chi connectivity index (χ1n) is 9.39. The van der Waals surface area contributed by atoms with Crippen molar-refractivity contribution in [2.45, 2.75) is 25.3 Å². The van der Waals surface area contributed by atoms with Gasteiger partial charge in [-0.2, -0.15) is 12.8 Å². The van der Waals surface area contributed by atoms with Crippen LogP contribution in [0.3, 0.4) is 0 Å². The summed E-state index contributed by atoms with van der Waals surface area (Å²) in [6.45, 7) is 4.13. The van der Waals surface area contributed by atoms with Crippen LogP contribution in [-0.2, 0) is 16.6 Å². The van der Waals surface area contributed by atoms with E-state index in [1.54, 1.807) is 48.5 Å². The molecule has 0 bridgehead atoms. The van der Waals surface area contributed by atoms with Crippen LogP contribution in [0.2, 0.25) is 0 Å². The van der Waals surface area contributed by atoms with Gasteiger partial charge in [0.1, 0.15) is 12.4 Å². The normalized spacial score (nSPS) is 11.6. The molecule has 0 aliphatic rings. The van der Waals surface area contributed by atoms with Crippen LogP contribution in [0.4, 0.5) is 4.39 Å². The second-order valence-electron chi connectivity index (χ2n) is 6.54. The van der Waals surface area contributed by atoms with E-state index in [2.05, 4.69) is 4.40 Å². The summed E-state index contributed by atoms with van der Waals surface area (Å²) < 4.78 is 53.7. The molecular weight excluding hydrogens is 405 g/mol. The summed E-state index contributed by atoms with van der Waals surface area (Å²) in [6.07, 6.45) is 1.26. The highest BCUT2D eigenvalue weighted by Gasteiger charge is 2.12. The lowest BCUT2D eigenvalue weighted by molar-refractivity contribution is 0.266. The van der Waals surface area contributed by atoms with Crippen LogP contribution in [-0.4, -0.2) is 21.2 Å². The molecule has 0 unspecified atom stereocenters. The van der Waals surface area contributed by atoms with E-state index in [1.807, 2.05) is 13.8 Å². The summed E-state index contributed by atoms with van der Waals surface area (Å²) >= 11 is 0. The molecule has 3 rings (SSSR count). The van der Waals surface area contributed by atoms with Gasteiger partial charge in [-0.15, -0.1) is 0 Å². The highest BCUT2D eigenvalue weighted by Crippen LogP contribution is 2.29. The van der Waals surface area contributed by atoms with Crippen molar-refractivity contribution >= 4 is 16.2 Å². The lowest BCUT2D eigenvalue weighted by Gasteiger charge is -2.13. The molecular formula is C23H22FNO4S. The second-order valence-corrected chi connectivity index (χ2v) is 8.17. The van der Waals surface area contributed by atoms with Crippen molar-refractivity contribution in [3.8, 4) is 11.5 Å². The summed E-state index contributed by atoms with van der Waals surface area (Å²) in [5.74, 6) is 0.504. The van der Waals surface area contributed by atoms with Gasteiger partial charge < -0.3 is 9.47 Å². The molecule has 0 fully saturated rings. The number of benzene rings is 3. The Morgan fingerprint density at radius 2 is 1.70 bits per heavy atom. The molecule has 156 valence electrons. The maximum Gasteiger partial charge on any atom is 0.282 e. The average Bonchev–Trinajstić information content (AvgIpc) is 2.73. The molecule has 0 atom stereocenters. The van der Waals surface area contributed by atoms with Gasteiger partial charge in [-0.3, -0.25) is 0 Å². The third-order valence-electron chi connectivity index (χ3n) is 4.27. The Balaban J connectivity index is 1.79. The molecule has 0 amide bonds. The Bertz CT molecular complexity index is 1140. The summed E-state index contributed by atoms with van der Waals surface area (Å²) in [5, 5.41) is 0. The van der Waals surface area contributed by atoms with Crippen LogP contribution in [0, 0.1) is 12.7 Å². The van der Waals surface area contributed by atoms with Gasteiger partial charge in [0.15, 0.2) is 11.5 Å². The van der Waals surface area contributed by atoms with Crippen LogP contribution >= 0.6 is 0 Å². The molecule has 0 saturated carbocycles. The first-order chi connectivity index (χ1) is 14.4. The highest BCUT2D eigenvalue weighted by molar-refractivity contribution is 7.90. The number of hydrogen-bond donors (Lipinski definition) is 0.